The predicted molar refractivity (Wildman–Crippen MR) is 75.7 cm³/mol. The highest BCUT2D eigenvalue weighted by Crippen LogP contribution is 2.46. The van der Waals surface area contributed by atoms with Gasteiger partial charge in [0.1, 0.15) is 22.7 Å². The van der Waals surface area contributed by atoms with Crippen LogP contribution in [0.15, 0.2) is 12.1 Å². The standard InChI is InChI=1S/C15H16O8/c1-15(6-11(17)18)9(5-12(19)23-15)8-3-7(22-2)4-10(16)13(8)14(20)21/h3-4,9,16H,5-6H2,1-2H3,(H,17,18)(H,20,21). The third-order valence-corrected chi connectivity index (χ3v) is 3.90. The predicted octanol–water partition coefficient (Wildman–Crippen LogP) is 1.36. The lowest BCUT2D eigenvalue weighted by Gasteiger charge is -2.29. The van der Waals surface area contributed by atoms with Gasteiger partial charge < -0.3 is 24.8 Å². The lowest BCUT2D eigenvalue weighted by molar-refractivity contribution is -0.153. The second-order valence-corrected chi connectivity index (χ2v) is 5.53. The summed E-state index contributed by atoms with van der Waals surface area (Å²) in [7, 11) is 1.34. The largest absolute Gasteiger partial charge is 0.507 e. The fraction of sp³-hybridized carbons (Fsp3) is 0.400. The quantitative estimate of drug-likeness (QED) is 0.692. The molecule has 0 aliphatic carbocycles. The number of phenols is 1. The first-order chi connectivity index (χ1) is 10.7. The van der Waals surface area contributed by atoms with Crippen molar-refractivity contribution in [3.05, 3.63) is 23.3 Å². The third kappa shape index (κ3) is 3.05. The first-order valence-electron chi connectivity index (χ1n) is 6.75. The molecular weight excluding hydrogens is 308 g/mol. The van der Waals surface area contributed by atoms with Crippen molar-refractivity contribution in [2.24, 2.45) is 0 Å². The smallest absolute Gasteiger partial charge is 0.339 e. The molecule has 0 saturated carbocycles. The Kier molecular flexibility index (Phi) is 4.18. The maximum absolute atomic E-state index is 11.7. The SMILES string of the molecule is COc1cc(O)c(C(=O)O)c(C2CC(=O)OC2(C)CC(=O)O)c1. The number of aliphatic carboxylic acids is 1. The van der Waals surface area contributed by atoms with Gasteiger partial charge in [0.05, 0.1) is 20.0 Å². The summed E-state index contributed by atoms with van der Waals surface area (Å²) in [5.74, 6) is -4.37. The van der Waals surface area contributed by atoms with Gasteiger partial charge in [-0.15, -0.1) is 0 Å². The van der Waals surface area contributed by atoms with Crippen LogP contribution in [-0.4, -0.2) is 45.9 Å². The van der Waals surface area contributed by atoms with Gasteiger partial charge in [-0.3, -0.25) is 9.59 Å². The third-order valence-electron chi connectivity index (χ3n) is 3.90. The molecule has 8 nitrogen and oxygen atoms in total. The maximum atomic E-state index is 11.7. The zero-order valence-corrected chi connectivity index (χ0v) is 12.5. The first kappa shape index (κ1) is 16.6. The van der Waals surface area contributed by atoms with Gasteiger partial charge in [0.25, 0.3) is 0 Å². The Morgan fingerprint density at radius 3 is 2.57 bits per heavy atom. The van der Waals surface area contributed by atoms with Crippen molar-refractivity contribution < 1.29 is 39.2 Å². The maximum Gasteiger partial charge on any atom is 0.339 e. The van der Waals surface area contributed by atoms with Crippen molar-refractivity contribution in [1.82, 2.24) is 0 Å². The molecule has 1 saturated heterocycles. The molecule has 1 aromatic carbocycles. The van der Waals surface area contributed by atoms with E-state index < -0.39 is 47.2 Å². The average Bonchev–Trinajstić information content (AvgIpc) is 2.70. The molecule has 1 fully saturated rings. The summed E-state index contributed by atoms with van der Waals surface area (Å²) in [6, 6.07) is 2.51. The molecule has 3 N–H and O–H groups in total. The Balaban J connectivity index is 2.62. The highest BCUT2D eigenvalue weighted by atomic mass is 16.6. The summed E-state index contributed by atoms with van der Waals surface area (Å²) in [5, 5.41) is 28.3. The highest BCUT2D eigenvalue weighted by molar-refractivity contribution is 5.94. The number of aromatic hydroxyl groups is 1. The number of esters is 1. The van der Waals surface area contributed by atoms with Crippen molar-refractivity contribution in [3.63, 3.8) is 0 Å². The van der Waals surface area contributed by atoms with Gasteiger partial charge in [-0.25, -0.2) is 4.79 Å². The van der Waals surface area contributed by atoms with Crippen LogP contribution < -0.4 is 4.74 Å². The molecule has 0 aromatic heterocycles. The van der Waals surface area contributed by atoms with E-state index in [0.717, 1.165) is 6.07 Å². The number of benzene rings is 1. The normalized spacial score (nSPS) is 23.4. The molecule has 1 aromatic rings. The monoisotopic (exact) mass is 324 g/mol. The number of carbonyl (C=O) groups is 3. The zero-order valence-electron chi connectivity index (χ0n) is 12.5. The molecule has 124 valence electrons. The van der Waals surface area contributed by atoms with E-state index in [1.807, 2.05) is 0 Å². The minimum atomic E-state index is -1.41. The van der Waals surface area contributed by atoms with Crippen LogP contribution in [0.3, 0.4) is 0 Å². The van der Waals surface area contributed by atoms with Gasteiger partial charge in [0.15, 0.2) is 0 Å². The second kappa shape index (κ2) is 5.79. The fourth-order valence-corrected chi connectivity index (χ4v) is 2.90. The molecule has 2 unspecified atom stereocenters. The fourth-order valence-electron chi connectivity index (χ4n) is 2.90. The summed E-state index contributed by atoms with van der Waals surface area (Å²) in [5.41, 5.74) is -1.71. The van der Waals surface area contributed by atoms with Crippen molar-refractivity contribution in [3.8, 4) is 11.5 Å². The van der Waals surface area contributed by atoms with Crippen LogP contribution in [0.25, 0.3) is 0 Å². The number of carboxylic acids is 2. The summed E-state index contributed by atoms with van der Waals surface area (Å²) in [6.45, 7) is 1.43. The van der Waals surface area contributed by atoms with Gasteiger partial charge >= 0.3 is 17.9 Å². The summed E-state index contributed by atoms with van der Waals surface area (Å²) >= 11 is 0. The minimum Gasteiger partial charge on any atom is -0.507 e. The molecule has 2 rings (SSSR count). The van der Waals surface area contributed by atoms with E-state index in [4.69, 9.17) is 14.6 Å². The van der Waals surface area contributed by atoms with Crippen molar-refractivity contribution >= 4 is 17.9 Å². The Morgan fingerprint density at radius 2 is 2.04 bits per heavy atom. The molecule has 1 heterocycles. The Hall–Kier alpha value is -2.77. The Bertz CT molecular complexity index is 680. The molecule has 0 spiro atoms. The van der Waals surface area contributed by atoms with Crippen LogP contribution in [0, 0.1) is 0 Å². The van der Waals surface area contributed by atoms with Crippen molar-refractivity contribution in [2.75, 3.05) is 7.11 Å². The summed E-state index contributed by atoms with van der Waals surface area (Å²) in [6.07, 6.45) is -0.670. The lowest BCUT2D eigenvalue weighted by atomic mass is 9.79. The van der Waals surface area contributed by atoms with Gasteiger partial charge in [-0.05, 0) is 18.6 Å². The second-order valence-electron chi connectivity index (χ2n) is 5.53. The minimum absolute atomic E-state index is 0.101. The van der Waals surface area contributed by atoms with Crippen LogP contribution in [0.5, 0.6) is 11.5 Å². The number of cyclic esters (lactones) is 1. The number of carbonyl (C=O) groups excluding carboxylic acids is 1. The zero-order chi connectivity index (χ0) is 17.4. The molecule has 0 amide bonds. The van der Waals surface area contributed by atoms with E-state index in [2.05, 4.69) is 0 Å². The van der Waals surface area contributed by atoms with Crippen LogP contribution in [0.1, 0.15) is 41.6 Å². The van der Waals surface area contributed by atoms with Crippen LogP contribution in [-0.2, 0) is 14.3 Å². The van der Waals surface area contributed by atoms with Crippen LogP contribution in [0.4, 0.5) is 0 Å². The summed E-state index contributed by atoms with van der Waals surface area (Å²) in [4.78, 5) is 34.2. The molecule has 23 heavy (non-hydrogen) atoms. The lowest BCUT2D eigenvalue weighted by Crippen LogP contribution is -2.34. The number of carboxylic acid groups (broad SMARTS) is 2. The molecule has 1 aliphatic rings. The number of methoxy groups -OCH3 is 1. The number of rotatable bonds is 5. The van der Waals surface area contributed by atoms with Gasteiger partial charge in [0, 0.05) is 12.0 Å². The van der Waals surface area contributed by atoms with E-state index in [1.165, 1.54) is 20.1 Å². The number of hydrogen-bond acceptors (Lipinski definition) is 6. The van der Waals surface area contributed by atoms with Crippen LogP contribution >= 0.6 is 0 Å². The molecule has 0 bridgehead atoms. The van der Waals surface area contributed by atoms with Gasteiger partial charge in [0.2, 0.25) is 0 Å². The first-order valence-corrected chi connectivity index (χ1v) is 6.75. The molecule has 0 radical (unpaired) electrons. The number of ether oxygens (including phenoxy) is 2. The van der Waals surface area contributed by atoms with E-state index >= 15 is 0 Å². The Morgan fingerprint density at radius 1 is 1.39 bits per heavy atom. The average molecular weight is 324 g/mol. The van der Waals surface area contributed by atoms with Crippen LogP contribution in [0.2, 0.25) is 0 Å². The van der Waals surface area contributed by atoms with E-state index in [0.29, 0.717) is 0 Å². The number of hydrogen-bond donors (Lipinski definition) is 3. The van der Waals surface area contributed by atoms with Crippen molar-refractivity contribution in [2.45, 2.75) is 31.3 Å². The highest BCUT2D eigenvalue weighted by Gasteiger charge is 2.49. The molecule has 2 atom stereocenters. The number of aromatic carboxylic acids is 1. The van der Waals surface area contributed by atoms with E-state index in [1.54, 1.807) is 0 Å². The van der Waals surface area contributed by atoms with Gasteiger partial charge in [-0.1, -0.05) is 0 Å². The van der Waals surface area contributed by atoms with Crippen molar-refractivity contribution in [1.29, 1.82) is 0 Å². The van der Waals surface area contributed by atoms with E-state index in [-0.39, 0.29) is 17.7 Å². The van der Waals surface area contributed by atoms with Gasteiger partial charge in [-0.2, -0.15) is 0 Å². The molecule has 1 aliphatic heterocycles. The molecule has 8 heteroatoms. The summed E-state index contributed by atoms with van der Waals surface area (Å²) < 4.78 is 10.2. The molecular formula is C15H16O8. The van der Waals surface area contributed by atoms with E-state index in [9.17, 15) is 24.6 Å². The topological polar surface area (TPSA) is 130 Å². The Labute approximate surface area is 131 Å².